The molecule has 2 heterocycles. The van der Waals surface area contributed by atoms with E-state index in [2.05, 4.69) is 34.1 Å². The average molecular weight is 410 g/mol. The van der Waals surface area contributed by atoms with Crippen molar-refractivity contribution in [3.05, 3.63) is 71.3 Å². The SMILES string of the molecule is O=C1C[C@@H](N2CCN(C/C=C/c3ccccc3)CC2)C(=O)N1c1cccc(Cl)c1. The fourth-order valence-corrected chi connectivity index (χ4v) is 4.13. The zero-order valence-corrected chi connectivity index (χ0v) is 17.0. The van der Waals surface area contributed by atoms with E-state index in [0.29, 0.717) is 10.7 Å². The molecular weight excluding hydrogens is 386 g/mol. The minimum atomic E-state index is -0.372. The summed E-state index contributed by atoms with van der Waals surface area (Å²) in [5.41, 5.74) is 1.75. The second kappa shape index (κ2) is 8.91. The lowest BCUT2D eigenvalue weighted by Gasteiger charge is -2.36. The van der Waals surface area contributed by atoms with Gasteiger partial charge in [-0.25, -0.2) is 4.90 Å². The highest BCUT2D eigenvalue weighted by Gasteiger charge is 2.43. The van der Waals surface area contributed by atoms with Gasteiger partial charge in [-0.15, -0.1) is 0 Å². The van der Waals surface area contributed by atoms with Gasteiger partial charge >= 0.3 is 0 Å². The summed E-state index contributed by atoms with van der Waals surface area (Å²) < 4.78 is 0. The van der Waals surface area contributed by atoms with Gasteiger partial charge in [0, 0.05) is 37.7 Å². The summed E-state index contributed by atoms with van der Waals surface area (Å²) in [4.78, 5) is 31.2. The predicted molar refractivity (Wildman–Crippen MR) is 116 cm³/mol. The molecule has 0 unspecified atom stereocenters. The highest BCUT2D eigenvalue weighted by molar-refractivity contribution is 6.31. The number of hydrogen-bond acceptors (Lipinski definition) is 4. The number of amides is 2. The normalized spacial score (nSPS) is 21.4. The Hall–Kier alpha value is -2.47. The minimum absolute atomic E-state index is 0.144. The molecule has 2 aromatic rings. The number of imide groups is 1. The molecule has 2 aliphatic rings. The third kappa shape index (κ3) is 4.58. The van der Waals surface area contributed by atoms with Crippen LogP contribution in [0.4, 0.5) is 5.69 Å². The smallest absolute Gasteiger partial charge is 0.251 e. The van der Waals surface area contributed by atoms with Crippen molar-refractivity contribution in [3.63, 3.8) is 0 Å². The number of anilines is 1. The lowest BCUT2D eigenvalue weighted by atomic mass is 10.1. The maximum absolute atomic E-state index is 12.9. The van der Waals surface area contributed by atoms with Crippen LogP contribution in [0.5, 0.6) is 0 Å². The van der Waals surface area contributed by atoms with Gasteiger partial charge in [-0.2, -0.15) is 0 Å². The average Bonchev–Trinajstić information content (AvgIpc) is 3.03. The molecule has 1 atom stereocenters. The molecular formula is C23H24ClN3O2. The molecule has 0 spiro atoms. The molecule has 0 aliphatic carbocycles. The van der Waals surface area contributed by atoms with Crippen molar-refractivity contribution in [1.82, 2.24) is 9.80 Å². The van der Waals surface area contributed by atoms with E-state index in [4.69, 9.17) is 11.6 Å². The van der Waals surface area contributed by atoms with E-state index in [1.165, 1.54) is 10.5 Å². The molecule has 6 heteroatoms. The third-order valence-electron chi connectivity index (χ3n) is 5.51. The Morgan fingerprint density at radius 2 is 1.72 bits per heavy atom. The summed E-state index contributed by atoms with van der Waals surface area (Å²) >= 11 is 6.03. The van der Waals surface area contributed by atoms with Crippen LogP contribution in [0, 0.1) is 0 Å². The first-order chi connectivity index (χ1) is 14.1. The van der Waals surface area contributed by atoms with Crippen LogP contribution in [0.1, 0.15) is 12.0 Å². The third-order valence-corrected chi connectivity index (χ3v) is 5.75. The molecule has 2 fully saturated rings. The van der Waals surface area contributed by atoms with Gasteiger partial charge in [0.15, 0.2) is 0 Å². The maximum Gasteiger partial charge on any atom is 0.251 e. The van der Waals surface area contributed by atoms with Crippen molar-refractivity contribution < 1.29 is 9.59 Å². The summed E-state index contributed by atoms with van der Waals surface area (Å²) in [5, 5.41) is 0.517. The molecule has 0 N–H and O–H groups in total. The van der Waals surface area contributed by atoms with Gasteiger partial charge in [0.2, 0.25) is 5.91 Å². The van der Waals surface area contributed by atoms with Crippen molar-refractivity contribution in [2.75, 3.05) is 37.6 Å². The van der Waals surface area contributed by atoms with E-state index in [1.807, 2.05) is 18.2 Å². The van der Waals surface area contributed by atoms with Crippen LogP contribution in [-0.2, 0) is 9.59 Å². The van der Waals surface area contributed by atoms with Gasteiger partial charge in [-0.05, 0) is 23.8 Å². The van der Waals surface area contributed by atoms with E-state index in [1.54, 1.807) is 24.3 Å². The van der Waals surface area contributed by atoms with Gasteiger partial charge in [0.05, 0.1) is 18.2 Å². The van der Waals surface area contributed by atoms with Crippen LogP contribution in [0.2, 0.25) is 5.02 Å². The maximum atomic E-state index is 12.9. The monoisotopic (exact) mass is 409 g/mol. The number of hydrogen-bond donors (Lipinski definition) is 0. The summed E-state index contributed by atoms with van der Waals surface area (Å²) in [7, 11) is 0. The zero-order valence-electron chi connectivity index (χ0n) is 16.2. The number of halogens is 1. The van der Waals surface area contributed by atoms with E-state index in [0.717, 1.165) is 32.7 Å². The van der Waals surface area contributed by atoms with E-state index in [-0.39, 0.29) is 24.3 Å². The number of carbonyl (C=O) groups is 2. The van der Waals surface area contributed by atoms with E-state index < -0.39 is 0 Å². The quantitative estimate of drug-likeness (QED) is 0.711. The Morgan fingerprint density at radius 3 is 2.45 bits per heavy atom. The van der Waals surface area contributed by atoms with Gasteiger partial charge in [0.25, 0.3) is 5.91 Å². The molecule has 2 saturated heterocycles. The van der Waals surface area contributed by atoms with Crippen LogP contribution in [0.3, 0.4) is 0 Å². The number of rotatable bonds is 5. The first kappa shape index (κ1) is 19.8. The van der Waals surface area contributed by atoms with E-state index in [9.17, 15) is 9.59 Å². The summed E-state index contributed by atoms with van der Waals surface area (Å²) in [6.45, 7) is 4.22. The highest BCUT2D eigenvalue weighted by atomic mass is 35.5. The summed E-state index contributed by atoms with van der Waals surface area (Å²) in [6.07, 6.45) is 4.55. The van der Waals surface area contributed by atoms with Gasteiger partial charge in [0.1, 0.15) is 0 Å². The molecule has 4 rings (SSSR count). The molecule has 2 aliphatic heterocycles. The second-order valence-electron chi connectivity index (χ2n) is 7.42. The summed E-state index contributed by atoms with van der Waals surface area (Å²) in [5.74, 6) is -0.301. The van der Waals surface area contributed by atoms with Crippen molar-refractivity contribution in [2.24, 2.45) is 0 Å². The zero-order chi connectivity index (χ0) is 20.2. The van der Waals surface area contributed by atoms with Crippen LogP contribution in [0.25, 0.3) is 6.08 Å². The van der Waals surface area contributed by atoms with Crippen molar-refractivity contribution in [2.45, 2.75) is 12.5 Å². The largest absolute Gasteiger partial charge is 0.297 e. The van der Waals surface area contributed by atoms with Gasteiger partial charge in [-0.3, -0.25) is 19.4 Å². The lowest BCUT2D eigenvalue weighted by Crippen LogP contribution is -2.52. The molecule has 0 radical (unpaired) electrons. The van der Waals surface area contributed by atoms with Crippen LogP contribution in [-0.4, -0.2) is 60.4 Å². The first-order valence-electron chi connectivity index (χ1n) is 9.92. The molecule has 2 aromatic carbocycles. The van der Waals surface area contributed by atoms with Crippen molar-refractivity contribution in [1.29, 1.82) is 0 Å². The Bertz CT molecular complexity index is 907. The predicted octanol–water partition coefficient (Wildman–Crippen LogP) is 3.30. The minimum Gasteiger partial charge on any atom is -0.297 e. The summed E-state index contributed by atoms with van der Waals surface area (Å²) in [6, 6.07) is 16.8. The fourth-order valence-electron chi connectivity index (χ4n) is 3.95. The Balaban J connectivity index is 1.32. The Kier molecular flexibility index (Phi) is 6.09. The standard InChI is InChI=1S/C23H24ClN3O2/c24-19-9-4-10-20(16-19)27-22(28)17-21(23(27)29)26-14-12-25(13-15-26)11-5-8-18-6-2-1-3-7-18/h1-10,16,21H,11-15,17H2/b8-5+/t21-/m1/s1. The van der Waals surface area contributed by atoms with Crippen molar-refractivity contribution in [3.8, 4) is 0 Å². The molecule has 0 saturated carbocycles. The van der Waals surface area contributed by atoms with Gasteiger partial charge in [-0.1, -0.05) is 60.2 Å². The Labute approximate surface area is 176 Å². The molecule has 0 bridgehead atoms. The molecule has 150 valence electrons. The molecule has 29 heavy (non-hydrogen) atoms. The van der Waals surface area contributed by atoms with E-state index >= 15 is 0 Å². The lowest BCUT2D eigenvalue weighted by molar-refractivity contribution is -0.123. The number of benzene rings is 2. The number of nitrogens with zero attached hydrogens (tertiary/aromatic N) is 3. The molecule has 0 aromatic heterocycles. The molecule has 2 amide bonds. The highest BCUT2D eigenvalue weighted by Crippen LogP contribution is 2.28. The topological polar surface area (TPSA) is 43.9 Å². The van der Waals surface area contributed by atoms with Crippen molar-refractivity contribution >= 4 is 35.2 Å². The number of piperazine rings is 1. The molecule has 5 nitrogen and oxygen atoms in total. The van der Waals surface area contributed by atoms with Crippen LogP contribution >= 0.6 is 11.6 Å². The second-order valence-corrected chi connectivity index (χ2v) is 7.85. The van der Waals surface area contributed by atoms with Crippen LogP contribution in [0.15, 0.2) is 60.7 Å². The first-order valence-corrected chi connectivity index (χ1v) is 10.3. The van der Waals surface area contributed by atoms with Gasteiger partial charge < -0.3 is 0 Å². The fraction of sp³-hybridized carbons (Fsp3) is 0.304. The van der Waals surface area contributed by atoms with Crippen LogP contribution < -0.4 is 4.90 Å². The number of carbonyl (C=O) groups excluding carboxylic acids is 2. The Morgan fingerprint density at radius 1 is 0.966 bits per heavy atom.